The lowest BCUT2D eigenvalue weighted by Gasteiger charge is -2.59. The third-order valence-corrected chi connectivity index (χ3v) is 5.77. The van der Waals surface area contributed by atoms with Crippen LogP contribution in [-0.4, -0.2) is 40.8 Å². The number of nitrogens with zero attached hydrogens (tertiary/aromatic N) is 1. The van der Waals surface area contributed by atoms with E-state index in [2.05, 4.69) is 11.8 Å². The quantitative estimate of drug-likeness (QED) is 0.725. The molecule has 2 bridgehead atoms. The SMILES string of the molecule is CC1CCC(O)(C2(N)CN3CCC2CC3)CC1. The fraction of sp³-hybridized carbons (Fsp3) is 1.00. The summed E-state index contributed by atoms with van der Waals surface area (Å²) in [6.07, 6.45) is 6.48. The number of rotatable bonds is 1. The predicted molar refractivity (Wildman–Crippen MR) is 68.7 cm³/mol. The van der Waals surface area contributed by atoms with E-state index in [0.29, 0.717) is 5.92 Å². The van der Waals surface area contributed by atoms with Crippen LogP contribution in [0.15, 0.2) is 0 Å². The van der Waals surface area contributed by atoms with Crippen LogP contribution in [-0.2, 0) is 0 Å². The van der Waals surface area contributed by atoms with Crippen molar-refractivity contribution in [1.82, 2.24) is 4.90 Å². The second kappa shape index (κ2) is 3.94. The van der Waals surface area contributed by atoms with Gasteiger partial charge in [-0.05, 0) is 63.5 Å². The van der Waals surface area contributed by atoms with Crippen LogP contribution in [0.2, 0.25) is 0 Å². The van der Waals surface area contributed by atoms with Crippen LogP contribution in [0.5, 0.6) is 0 Å². The fourth-order valence-corrected chi connectivity index (χ4v) is 4.34. The van der Waals surface area contributed by atoms with E-state index in [0.717, 1.165) is 38.1 Å². The van der Waals surface area contributed by atoms with Gasteiger partial charge in [-0.3, -0.25) is 0 Å². The Bertz CT molecular complexity index is 291. The second-order valence-corrected chi connectivity index (χ2v) is 6.80. The van der Waals surface area contributed by atoms with Crippen LogP contribution < -0.4 is 5.73 Å². The van der Waals surface area contributed by atoms with Gasteiger partial charge in [-0.1, -0.05) is 6.92 Å². The second-order valence-electron chi connectivity index (χ2n) is 6.80. The van der Waals surface area contributed by atoms with Gasteiger partial charge in [0.15, 0.2) is 0 Å². The highest BCUT2D eigenvalue weighted by molar-refractivity contribution is 5.14. The molecule has 3 heteroatoms. The fourth-order valence-electron chi connectivity index (χ4n) is 4.34. The minimum atomic E-state index is -0.594. The molecule has 1 atom stereocenters. The summed E-state index contributed by atoms with van der Waals surface area (Å²) in [5.74, 6) is 1.31. The number of nitrogens with two attached hydrogens (primary N) is 1. The lowest BCUT2D eigenvalue weighted by atomic mass is 9.59. The first kappa shape index (κ1) is 11.9. The van der Waals surface area contributed by atoms with Gasteiger partial charge in [0.1, 0.15) is 0 Å². The van der Waals surface area contributed by atoms with Crippen LogP contribution in [0.3, 0.4) is 0 Å². The van der Waals surface area contributed by atoms with Crippen molar-refractivity contribution in [3.05, 3.63) is 0 Å². The maximum Gasteiger partial charge on any atom is 0.0841 e. The highest BCUT2D eigenvalue weighted by atomic mass is 16.3. The molecule has 3 nitrogen and oxygen atoms in total. The van der Waals surface area contributed by atoms with Crippen molar-refractivity contribution in [1.29, 1.82) is 0 Å². The zero-order valence-corrected chi connectivity index (χ0v) is 11.0. The summed E-state index contributed by atoms with van der Waals surface area (Å²) in [5, 5.41) is 11.0. The Balaban J connectivity index is 1.82. The molecule has 1 aliphatic carbocycles. The van der Waals surface area contributed by atoms with Gasteiger partial charge in [0, 0.05) is 6.54 Å². The molecule has 3 saturated heterocycles. The van der Waals surface area contributed by atoms with Crippen molar-refractivity contribution in [3.63, 3.8) is 0 Å². The van der Waals surface area contributed by atoms with E-state index >= 15 is 0 Å². The van der Waals surface area contributed by atoms with Crippen LogP contribution >= 0.6 is 0 Å². The largest absolute Gasteiger partial charge is 0.388 e. The third kappa shape index (κ3) is 1.74. The average molecular weight is 238 g/mol. The normalized spacial score (nSPS) is 54.9. The van der Waals surface area contributed by atoms with E-state index in [4.69, 9.17) is 5.73 Å². The monoisotopic (exact) mass is 238 g/mol. The number of hydrogen-bond acceptors (Lipinski definition) is 3. The van der Waals surface area contributed by atoms with E-state index in [9.17, 15) is 5.11 Å². The lowest BCUT2D eigenvalue weighted by Crippen LogP contribution is -2.74. The average Bonchev–Trinajstić information content (AvgIpc) is 2.34. The highest BCUT2D eigenvalue weighted by Crippen LogP contribution is 2.47. The molecule has 0 amide bonds. The molecule has 3 N–H and O–H groups in total. The molecule has 0 spiro atoms. The zero-order valence-electron chi connectivity index (χ0n) is 11.0. The molecule has 0 aromatic heterocycles. The van der Waals surface area contributed by atoms with Crippen molar-refractivity contribution in [2.24, 2.45) is 17.6 Å². The summed E-state index contributed by atoms with van der Waals surface area (Å²) in [4.78, 5) is 2.45. The molecule has 4 fully saturated rings. The lowest BCUT2D eigenvalue weighted by molar-refractivity contribution is -0.136. The molecule has 0 radical (unpaired) electrons. The van der Waals surface area contributed by atoms with E-state index < -0.39 is 5.60 Å². The number of piperidine rings is 3. The molecular formula is C14H26N2O. The first-order valence-corrected chi connectivity index (χ1v) is 7.27. The molecule has 98 valence electrons. The van der Waals surface area contributed by atoms with Crippen LogP contribution in [0, 0.1) is 11.8 Å². The van der Waals surface area contributed by atoms with Crippen molar-refractivity contribution in [2.45, 2.75) is 56.6 Å². The summed E-state index contributed by atoms with van der Waals surface area (Å²) in [5.41, 5.74) is 5.78. The minimum absolute atomic E-state index is 0.330. The number of fused-ring (bicyclic) bond motifs is 3. The van der Waals surface area contributed by atoms with Crippen molar-refractivity contribution in [2.75, 3.05) is 19.6 Å². The van der Waals surface area contributed by atoms with E-state index in [1.165, 1.54) is 25.9 Å². The summed E-state index contributed by atoms with van der Waals surface area (Å²) < 4.78 is 0. The Labute approximate surface area is 104 Å². The van der Waals surface area contributed by atoms with Gasteiger partial charge in [-0.15, -0.1) is 0 Å². The molecule has 1 saturated carbocycles. The minimum Gasteiger partial charge on any atom is -0.388 e. The van der Waals surface area contributed by atoms with Crippen LogP contribution in [0.25, 0.3) is 0 Å². The van der Waals surface area contributed by atoms with Gasteiger partial charge >= 0.3 is 0 Å². The predicted octanol–water partition coefficient (Wildman–Crippen LogP) is 1.35. The van der Waals surface area contributed by atoms with Gasteiger partial charge in [0.25, 0.3) is 0 Å². The molecule has 3 aliphatic heterocycles. The molecule has 0 aromatic rings. The van der Waals surface area contributed by atoms with Gasteiger partial charge in [0.2, 0.25) is 0 Å². The van der Waals surface area contributed by atoms with E-state index in [-0.39, 0.29) is 5.54 Å². The maximum atomic E-state index is 11.0. The topological polar surface area (TPSA) is 49.5 Å². The Kier molecular flexibility index (Phi) is 2.77. The molecule has 3 heterocycles. The van der Waals surface area contributed by atoms with Gasteiger partial charge in [0.05, 0.1) is 11.1 Å². The summed E-state index contributed by atoms with van der Waals surface area (Å²) >= 11 is 0. The summed E-state index contributed by atoms with van der Waals surface area (Å²) in [6.45, 7) is 5.59. The maximum absolute atomic E-state index is 11.0. The molecule has 4 aliphatic rings. The smallest absolute Gasteiger partial charge is 0.0841 e. The first-order chi connectivity index (χ1) is 8.03. The van der Waals surface area contributed by atoms with Crippen molar-refractivity contribution in [3.8, 4) is 0 Å². The van der Waals surface area contributed by atoms with E-state index in [1.54, 1.807) is 0 Å². The molecular weight excluding hydrogens is 212 g/mol. The molecule has 0 aromatic carbocycles. The van der Waals surface area contributed by atoms with Crippen LogP contribution in [0.4, 0.5) is 0 Å². The van der Waals surface area contributed by atoms with E-state index in [1.807, 2.05) is 0 Å². The molecule has 1 unspecified atom stereocenters. The van der Waals surface area contributed by atoms with Crippen molar-refractivity contribution >= 4 is 0 Å². The standard InChI is InChI=1S/C14H26N2O/c1-11-2-6-13(17,7-3-11)14(15)10-16-8-4-12(14)5-9-16/h11-12,17H,2-10,15H2,1H3. The molecule has 17 heavy (non-hydrogen) atoms. The zero-order chi connectivity index (χ0) is 12.1. The Hall–Kier alpha value is -0.120. The third-order valence-electron chi connectivity index (χ3n) is 5.77. The summed E-state index contributed by atoms with van der Waals surface area (Å²) in [7, 11) is 0. The number of aliphatic hydroxyl groups is 1. The Morgan fingerprint density at radius 2 is 1.71 bits per heavy atom. The van der Waals surface area contributed by atoms with Gasteiger partial charge in [-0.25, -0.2) is 0 Å². The Morgan fingerprint density at radius 1 is 1.12 bits per heavy atom. The first-order valence-electron chi connectivity index (χ1n) is 7.27. The van der Waals surface area contributed by atoms with Crippen LogP contribution in [0.1, 0.15) is 45.4 Å². The summed E-state index contributed by atoms with van der Waals surface area (Å²) in [6, 6.07) is 0. The Morgan fingerprint density at radius 3 is 2.18 bits per heavy atom. The number of hydrogen-bond donors (Lipinski definition) is 2. The van der Waals surface area contributed by atoms with Gasteiger partial charge < -0.3 is 15.7 Å². The van der Waals surface area contributed by atoms with Gasteiger partial charge in [-0.2, -0.15) is 0 Å². The molecule has 4 rings (SSSR count). The van der Waals surface area contributed by atoms with Crippen molar-refractivity contribution < 1.29 is 5.11 Å². The highest BCUT2D eigenvalue weighted by Gasteiger charge is 2.56.